The highest BCUT2D eigenvalue weighted by atomic mass is 32.2. The Morgan fingerprint density at radius 3 is 2.70 bits per heavy atom. The smallest absolute Gasteiger partial charge is 0.278 e. The van der Waals surface area contributed by atoms with Crippen LogP contribution in [-0.4, -0.2) is 40.3 Å². The van der Waals surface area contributed by atoms with Gasteiger partial charge in [0.05, 0.1) is 5.69 Å². The summed E-state index contributed by atoms with van der Waals surface area (Å²) in [6.07, 6.45) is 3.98. The van der Waals surface area contributed by atoms with Crippen LogP contribution in [0.15, 0.2) is 34.9 Å². The molecule has 0 spiro atoms. The lowest BCUT2D eigenvalue weighted by molar-refractivity contribution is -0.113. The Balaban J connectivity index is 1.63. The maximum absolute atomic E-state index is 13.3. The number of amides is 1. The first-order valence-corrected chi connectivity index (χ1v) is 11.9. The molecule has 0 fully saturated rings. The van der Waals surface area contributed by atoms with Crippen molar-refractivity contribution in [1.82, 2.24) is 13.9 Å². The summed E-state index contributed by atoms with van der Waals surface area (Å²) < 4.78 is 29.0. The maximum atomic E-state index is 13.3. The summed E-state index contributed by atoms with van der Waals surface area (Å²) in [7, 11) is -1.09. The van der Waals surface area contributed by atoms with Crippen molar-refractivity contribution in [2.75, 3.05) is 12.4 Å². The van der Waals surface area contributed by atoms with Crippen LogP contribution in [0.3, 0.4) is 0 Å². The monoisotopic (exact) mass is 444 g/mol. The molecule has 1 amide bonds. The predicted molar refractivity (Wildman–Crippen MR) is 115 cm³/mol. The molecule has 0 bridgehead atoms. The van der Waals surface area contributed by atoms with Crippen LogP contribution in [0.5, 0.6) is 0 Å². The number of aliphatic hydroxyl groups excluding tert-OH is 1. The van der Waals surface area contributed by atoms with Crippen LogP contribution in [0.25, 0.3) is 16.7 Å². The molecule has 2 aliphatic rings. The molecule has 1 aromatic carbocycles. The van der Waals surface area contributed by atoms with Gasteiger partial charge in [-0.15, -0.1) is 11.3 Å². The second-order valence-electron chi connectivity index (χ2n) is 7.47. The SMILES string of the molecule is CN1C(C(=O)Nc2nc3c(s2)CCCC3)=C(O)c2c(c3ccccc3n2C)S1(=O)=O. The average Bonchev–Trinajstić information content (AvgIpc) is 3.25. The van der Waals surface area contributed by atoms with Crippen molar-refractivity contribution in [3.05, 3.63) is 46.2 Å². The standard InChI is InChI=1S/C20H20N4O4S2/c1-23-13-9-5-3-7-11(13)18-15(23)17(25)16(24(2)30(18,27)28)19(26)22-20-21-12-8-4-6-10-14(12)29-20/h3,5,7,9,25H,4,6,8,10H2,1-2H3,(H,21,22,26). The number of nitrogens with one attached hydrogen (secondary N) is 1. The predicted octanol–water partition coefficient (Wildman–Crippen LogP) is 3.01. The molecule has 0 radical (unpaired) electrons. The first kappa shape index (κ1) is 19.1. The third-order valence-corrected chi connectivity index (χ3v) is 8.63. The zero-order valence-corrected chi connectivity index (χ0v) is 18.1. The molecule has 0 unspecified atom stereocenters. The number of carbonyl (C=O) groups is 1. The molecular weight excluding hydrogens is 424 g/mol. The number of nitrogens with zero attached hydrogens (tertiary/aromatic N) is 3. The van der Waals surface area contributed by atoms with E-state index in [1.807, 2.05) is 0 Å². The van der Waals surface area contributed by atoms with E-state index in [4.69, 9.17) is 0 Å². The minimum absolute atomic E-state index is 0.00172. The molecule has 2 aromatic heterocycles. The quantitative estimate of drug-likeness (QED) is 0.632. The number of hydrogen-bond donors (Lipinski definition) is 2. The Bertz CT molecular complexity index is 1330. The van der Waals surface area contributed by atoms with Crippen molar-refractivity contribution in [2.45, 2.75) is 30.6 Å². The molecule has 3 heterocycles. The van der Waals surface area contributed by atoms with Gasteiger partial charge in [0, 0.05) is 29.9 Å². The fourth-order valence-electron chi connectivity index (χ4n) is 4.22. The largest absolute Gasteiger partial charge is 0.504 e. The van der Waals surface area contributed by atoms with Gasteiger partial charge in [0.1, 0.15) is 10.6 Å². The highest BCUT2D eigenvalue weighted by Crippen LogP contribution is 2.41. The lowest BCUT2D eigenvalue weighted by atomic mass is 10.0. The summed E-state index contributed by atoms with van der Waals surface area (Å²) in [4.78, 5) is 18.7. The summed E-state index contributed by atoms with van der Waals surface area (Å²) >= 11 is 1.40. The number of likely N-dealkylation sites (N-methyl/N-ethyl adjacent to an activating group) is 1. The molecule has 0 saturated heterocycles. The van der Waals surface area contributed by atoms with Crippen molar-refractivity contribution < 1.29 is 18.3 Å². The van der Waals surface area contributed by atoms with Crippen molar-refractivity contribution in [3.63, 3.8) is 0 Å². The average molecular weight is 445 g/mol. The Morgan fingerprint density at radius 1 is 1.20 bits per heavy atom. The van der Waals surface area contributed by atoms with Gasteiger partial charge in [-0.1, -0.05) is 18.2 Å². The van der Waals surface area contributed by atoms with Crippen LogP contribution in [0.2, 0.25) is 0 Å². The molecule has 3 aromatic rings. The number of aryl methyl sites for hydroxylation is 3. The van der Waals surface area contributed by atoms with Crippen LogP contribution in [0.1, 0.15) is 29.1 Å². The van der Waals surface area contributed by atoms with Crippen LogP contribution < -0.4 is 5.32 Å². The number of carbonyl (C=O) groups excluding carboxylic acids is 1. The molecule has 2 N–H and O–H groups in total. The number of sulfonamides is 1. The molecule has 1 aliphatic heterocycles. The minimum atomic E-state index is -4.03. The molecule has 5 rings (SSSR count). The number of aromatic nitrogens is 2. The fraction of sp³-hybridized carbons (Fsp3) is 0.300. The number of thiazole rings is 1. The minimum Gasteiger partial charge on any atom is -0.504 e. The Labute approximate surface area is 177 Å². The summed E-state index contributed by atoms with van der Waals surface area (Å²) in [5, 5.41) is 14.6. The number of anilines is 1. The number of benzene rings is 1. The van der Waals surface area contributed by atoms with E-state index < -0.39 is 15.9 Å². The molecule has 30 heavy (non-hydrogen) atoms. The summed E-state index contributed by atoms with van der Waals surface area (Å²) in [6.45, 7) is 0. The highest BCUT2D eigenvalue weighted by Gasteiger charge is 2.42. The number of hydrogen-bond acceptors (Lipinski definition) is 6. The topological polar surface area (TPSA) is 105 Å². The van der Waals surface area contributed by atoms with Crippen molar-refractivity contribution in [3.8, 4) is 0 Å². The molecule has 156 valence electrons. The number of fused-ring (bicyclic) bond motifs is 4. The third kappa shape index (κ3) is 2.60. The van der Waals surface area contributed by atoms with E-state index in [-0.39, 0.29) is 22.0 Å². The molecule has 0 saturated carbocycles. The molecule has 0 atom stereocenters. The van der Waals surface area contributed by atoms with Crippen molar-refractivity contribution in [1.29, 1.82) is 0 Å². The van der Waals surface area contributed by atoms with Crippen LogP contribution in [0, 0.1) is 0 Å². The lowest BCUT2D eigenvalue weighted by Crippen LogP contribution is -2.37. The van der Waals surface area contributed by atoms with E-state index in [0.717, 1.165) is 40.6 Å². The van der Waals surface area contributed by atoms with Gasteiger partial charge in [0.25, 0.3) is 15.9 Å². The Kier molecular flexibility index (Phi) is 4.19. The molecule has 1 aliphatic carbocycles. The van der Waals surface area contributed by atoms with Crippen molar-refractivity contribution in [2.24, 2.45) is 7.05 Å². The second kappa shape index (κ2) is 6.58. The first-order chi connectivity index (χ1) is 14.3. The molecule has 10 heteroatoms. The highest BCUT2D eigenvalue weighted by molar-refractivity contribution is 7.89. The van der Waals surface area contributed by atoms with E-state index in [0.29, 0.717) is 16.0 Å². The van der Waals surface area contributed by atoms with Gasteiger partial charge in [0.15, 0.2) is 16.6 Å². The number of rotatable bonds is 2. The number of para-hydroxylation sites is 1. The van der Waals surface area contributed by atoms with E-state index in [2.05, 4.69) is 10.3 Å². The second-order valence-corrected chi connectivity index (χ2v) is 10.5. The Morgan fingerprint density at radius 2 is 1.93 bits per heavy atom. The number of aliphatic hydroxyl groups is 1. The first-order valence-electron chi connectivity index (χ1n) is 9.60. The van der Waals surface area contributed by atoms with E-state index in [1.54, 1.807) is 35.9 Å². The van der Waals surface area contributed by atoms with Crippen LogP contribution in [0.4, 0.5) is 5.13 Å². The molecular formula is C20H20N4O4S2. The lowest BCUT2D eigenvalue weighted by Gasteiger charge is -2.27. The van der Waals surface area contributed by atoms with Crippen LogP contribution in [-0.2, 0) is 34.7 Å². The summed E-state index contributed by atoms with van der Waals surface area (Å²) in [5.41, 5.74) is 1.43. The van der Waals surface area contributed by atoms with Gasteiger partial charge in [0.2, 0.25) is 0 Å². The Hall–Kier alpha value is -2.85. The van der Waals surface area contributed by atoms with Gasteiger partial charge in [-0.05, 0) is 31.7 Å². The zero-order chi connectivity index (χ0) is 21.2. The van der Waals surface area contributed by atoms with Gasteiger partial charge in [-0.25, -0.2) is 13.4 Å². The van der Waals surface area contributed by atoms with Gasteiger partial charge in [-0.2, -0.15) is 0 Å². The van der Waals surface area contributed by atoms with E-state index in [1.165, 1.54) is 18.4 Å². The maximum Gasteiger partial charge on any atom is 0.278 e. The summed E-state index contributed by atoms with van der Waals surface area (Å²) in [6, 6.07) is 7.00. The zero-order valence-electron chi connectivity index (χ0n) is 16.5. The van der Waals surface area contributed by atoms with Crippen molar-refractivity contribution >= 4 is 49.1 Å². The van der Waals surface area contributed by atoms with E-state index in [9.17, 15) is 18.3 Å². The van der Waals surface area contributed by atoms with E-state index >= 15 is 0 Å². The summed E-state index contributed by atoms with van der Waals surface area (Å²) in [5.74, 6) is -1.08. The molecule has 8 nitrogen and oxygen atoms in total. The normalized spacial score (nSPS) is 17.7. The third-order valence-electron chi connectivity index (χ3n) is 5.72. The van der Waals surface area contributed by atoms with Gasteiger partial charge in [-0.3, -0.25) is 14.4 Å². The van der Waals surface area contributed by atoms with Gasteiger partial charge >= 0.3 is 0 Å². The van der Waals surface area contributed by atoms with Gasteiger partial charge < -0.3 is 9.67 Å². The van der Waals surface area contributed by atoms with Crippen LogP contribution >= 0.6 is 11.3 Å². The fourth-order valence-corrected chi connectivity index (χ4v) is 6.87.